The normalized spacial score (nSPS) is 13.0. The zero-order valence-corrected chi connectivity index (χ0v) is 13.9. The Morgan fingerprint density at radius 3 is 2.71 bits per heavy atom. The van der Waals surface area contributed by atoms with Gasteiger partial charge in [0.1, 0.15) is 5.65 Å². The minimum absolute atomic E-state index is 0.465. The molecule has 0 aromatic carbocycles. The van der Waals surface area contributed by atoms with Crippen molar-refractivity contribution in [2.75, 3.05) is 18.5 Å². The molecular weight excluding hydrogens is 260 g/mol. The number of nitrogens with one attached hydrogen (secondary N) is 1. The van der Waals surface area contributed by atoms with Crippen LogP contribution in [0, 0.1) is 5.92 Å². The van der Waals surface area contributed by atoms with Gasteiger partial charge in [0.2, 0.25) is 0 Å². The molecule has 4 heteroatoms. The minimum Gasteiger partial charge on any atom is -0.358 e. The van der Waals surface area contributed by atoms with Crippen LogP contribution in [0.3, 0.4) is 0 Å². The molecule has 0 bridgehead atoms. The summed E-state index contributed by atoms with van der Waals surface area (Å²) in [6.07, 6.45) is 3.29. The predicted octanol–water partition coefficient (Wildman–Crippen LogP) is 3.31. The highest BCUT2D eigenvalue weighted by molar-refractivity contribution is 5.55. The van der Waals surface area contributed by atoms with Gasteiger partial charge in [-0.15, -0.1) is 0 Å². The highest BCUT2D eigenvalue weighted by Crippen LogP contribution is 2.22. The van der Waals surface area contributed by atoms with Gasteiger partial charge < -0.3 is 14.6 Å². The smallest absolute Gasteiger partial charge is 0.152 e. The fourth-order valence-corrected chi connectivity index (χ4v) is 2.49. The zero-order chi connectivity index (χ0) is 15.4. The molecule has 0 aliphatic rings. The van der Waals surface area contributed by atoms with Crippen molar-refractivity contribution in [3.63, 3.8) is 0 Å². The van der Waals surface area contributed by atoms with E-state index >= 15 is 0 Å². The van der Waals surface area contributed by atoms with Gasteiger partial charge in [0.15, 0.2) is 5.82 Å². The third-order valence-electron chi connectivity index (χ3n) is 3.93. The molecule has 1 unspecified atom stereocenters. The van der Waals surface area contributed by atoms with Crippen LogP contribution in [-0.4, -0.2) is 29.0 Å². The van der Waals surface area contributed by atoms with E-state index in [9.17, 15) is 0 Å². The fraction of sp³-hybridized carbons (Fsp3) is 0.588. The summed E-state index contributed by atoms with van der Waals surface area (Å²) < 4.78 is 2.19. The number of hydrogen-bond donors (Lipinski definition) is 1. The van der Waals surface area contributed by atoms with E-state index in [1.54, 1.807) is 0 Å². The van der Waals surface area contributed by atoms with E-state index in [2.05, 4.69) is 67.7 Å². The highest BCUT2D eigenvalue weighted by atomic mass is 15.2. The van der Waals surface area contributed by atoms with Crippen LogP contribution in [0.1, 0.15) is 39.8 Å². The SMILES string of the molecule is CCC(C)CN(C)c1nc2ccccn2c1CNC(C)C. The summed E-state index contributed by atoms with van der Waals surface area (Å²) >= 11 is 0. The minimum atomic E-state index is 0.465. The van der Waals surface area contributed by atoms with Gasteiger partial charge in [0.05, 0.1) is 5.69 Å². The van der Waals surface area contributed by atoms with E-state index in [0.29, 0.717) is 12.0 Å². The molecule has 2 aromatic heterocycles. The molecule has 2 heterocycles. The highest BCUT2D eigenvalue weighted by Gasteiger charge is 2.16. The molecule has 21 heavy (non-hydrogen) atoms. The molecular formula is C17H28N4. The molecule has 0 saturated carbocycles. The first-order valence-corrected chi connectivity index (χ1v) is 7.93. The second-order valence-electron chi connectivity index (χ2n) is 6.24. The van der Waals surface area contributed by atoms with Crippen molar-refractivity contribution >= 4 is 11.5 Å². The number of imidazole rings is 1. The zero-order valence-electron chi connectivity index (χ0n) is 13.9. The summed E-state index contributed by atoms with van der Waals surface area (Å²) in [6.45, 7) is 10.7. The molecule has 1 atom stereocenters. The summed E-state index contributed by atoms with van der Waals surface area (Å²) in [5.74, 6) is 1.76. The van der Waals surface area contributed by atoms with E-state index in [4.69, 9.17) is 4.98 Å². The third-order valence-corrected chi connectivity index (χ3v) is 3.93. The van der Waals surface area contributed by atoms with Gasteiger partial charge >= 0.3 is 0 Å². The van der Waals surface area contributed by atoms with Crippen LogP contribution in [0.5, 0.6) is 0 Å². The van der Waals surface area contributed by atoms with E-state index in [1.165, 1.54) is 12.1 Å². The molecule has 0 aliphatic heterocycles. The van der Waals surface area contributed by atoms with Crippen molar-refractivity contribution in [1.82, 2.24) is 14.7 Å². The van der Waals surface area contributed by atoms with E-state index in [0.717, 1.165) is 24.6 Å². The predicted molar refractivity (Wildman–Crippen MR) is 89.9 cm³/mol. The second-order valence-corrected chi connectivity index (χ2v) is 6.24. The van der Waals surface area contributed by atoms with Gasteiger partial charge in [-0.05, 0) is 18.1 Å². The van der Waals surface area contributed by atoms with Crippen molar-refractivity contribution in [1.29, 1.82) is 0 Å². The first kappa shape index (κ1) is 15.8. The van der Waals surface area contributed by atoms with Crippen LogP contribution in [-0.2, 0) is 6.54 Å². The Balaban J connectivity index is 2.34. The van der Waals surface area contributed by atoms with E-state index in [-0.39, 0.29) is 0 Å². The first-order chi connectivity index (χ1) is 10.0. The average molecular weight is 288 g/mol. The lowest BCUT2D eigenvalue weighted by atomic mass is 10.1. The molecule has 0 aliphatic carbocycles. The number of hydrogen-bond acceptors (Lipinski definition) is 3. The molecule has 1 N–H and O–H groups in total. The van der Waals surface area contributed by atoms with Crippen LogP contribution in [0.4, 0.5) is 5.82 Å². The number of rotatable bonds is 7. The summed E-state index contributed by atoms with van der Waals surface area (Å²) in [5.41, 5.74) is 2.26. The summed E-state index contributed by atoms with van der Waals surface area (Å²) in [6, 6.07) is 6.64. The molecule has 0 spiro atoms. The third kappa shape index (κ3) is 3.76. The van der Waals surface area contributed by atoms with Crippen LogP contribution < -0.4 is 10.2 Å². The molecule has 2 rings (SSSR count). The van der Waals surface area contributed by atoms with Crippen molar-refractivity contribution in [2.24, 2.45) is 5.92 Å². The lowest BCUT2D eigenvalue weighted by molar-refractivity contribution is 0.552. The fourth-order valence-electron chi connectivity index (χ4n) is 2.49. The van der Waals surface area contributed by atoms with Crippen molar-refractivity contribution in [3.05, 3.63) is 30.1 Å². The van der Waals surface area contributed by atoms with E-state index < -0.39 is 0 Å². The van der Waals surface area contributed by atoms with Gasteiger partial charge in [0, 0.05) is 32.4 Å². The number of anilines is 1. The standard InChI is InChI=1S/C17H28N4/c1-6-14(4)12-20(5)17-15(11-18-13(2)3)21-10-8-7-9-16(21)19-17/h7-10,13-14,18H,6,11-12H2,1-5H3. The van der Waals surface area contributed by atoms with Crippen molar-refractivity contribution in [2.45, 2.75) is 46.7 Å². The maximum atomic E-state index is 4.83. The molecule has 4 nitrogen and oxygen atoms in total. The molecule has 0 radical (unpaired) electrons. The van der Waals surface area contributed by atoms with Crippen molar-refractivity contribution in [3.8, 4) is 0 Å². The van der Waals surface area contributed by atoms with Crippen molar-refractivity contribution < 1.29 is 0 Å². The molecule has 0 amide bonds. The Kier molecular flexibility index (Phi) is 5.23. The maximum Gasteiger partial charge on any atom is 0.152 e. The van der Waals surface area contributed by atoms with Crippen LogP contribution in [0.2, 0.25) is 0 Å². The van der Waals surface area contributed by atoms with Crippen LogP contribution >= 0.6 is 0 Å². The number of aromatic nitrogens is 2. The Morgan fingerprint density at radius 2 is 2.05 bits per heavy atom. The monoisotopic (exact) mass is 288 g/mol. The second kappa shape index (κ2) is 6.94. The Morgan fingerprint density at radius 1 is 1.29 bits per heavy atom. The summed E-state index contributed by atoms with van der Waals surface area (Å²) in [7, 11) is 2.15. The molecule has 0 saturated heterocycles. The average Bonchev–Trinajstić information content (AvgIpc) is 2.83. The van der Waals surface area contributed by atoms with Gasteiger partial charge in [0.25, 0.3) is 0 Å². The molecule has 0 fully saturated rings. The lowest BCUT2D eigenvalue weighted by Gasteiger charge is -2.22. The number of nitrogens with zero attached hydrogens (tertiary/aromatic N) is 3. The van der Waals surface area contributed by atoms with Crippen LogP contribution in [0.25, 0.3) is 5.65 Å². The van der Waals surface area contributed by atoms with Gasteiger partial charge in [-0.2, -0.15) is 0 Å². The Hall–Kier alpha value is -1.55. The van der Waals surface area contributed by atoms with E-state index in [1.807, 2.05) is 6.07 Å². The summed E-state index contributed by atoms with van der Waals surface area (Å²) in [5, 5.41) is 3.52. The number of pyridine rings is 1. The number of fused-ring (bicyclic) bond motifs is 1. The lowest BCUT2D eigenvalue weighted by Crippen LogP contribution is -2.27. The molecule has 116 valence electrons. The first-order valence-electron chi connectivity index (χ1n) is 7.93. The Labute approximate surface area is 128 Å². The van der Waals surface area contributed by atoms with Gasteiger partial charge in [-0.1, -0.05) is 40.2 Å². The maximum absolute atomic E-state index is 4.83. The largest absolute Gasteiger partial charge is 0.358 e. The topological polar surface area (TPSA) is 32.6 Å². The van der Waals surface area contributed by atoms with Gasteiger partial charge in [-0.3, -0.25) is 0 Å². The van der Waals surface area contributed by atoms with Gasteiger partial charge in [-0.25, -0.2) is 4.98 Å². The summed E-state index contributed by atoms with van der Waals surface area (Å²) in [4.78, 5) is 7.12. The van der Waals surface area contributed by atoms with Crippen LogP contribution in [0.15, 0.2) is 24.4 Å². The molecule has 2 aromatic rings. The quantitative estimate of drug-likeness (QED) is 0.848. The Bertz CT molecular complexity index is 573.